The number of benzene rings is 1. The van der Waals surface area contributed by atoms with Crippen molar-refractivity contribution in [3.63, 3.8) is 0 Å². The Labute approximate surface area is 90.9 Å². The lowest BCUT2D eigenvalue weighted by molar-refractivity contribution is 0.129. The van der Waals surface area contributed by atoms with Crippen molar-refractivity contribution in [2.75, 3.05) is 13.7 Å². The number of phenolic OH excluding ortho intramolecular Hbond substituents is 1. The average molecular weight is 209 g/mol. The molecule has 1 rings (SSSR count). The molecule has 0 aliphatic carbocycles. The monoisotopic (exact) mass is 209 g/mol. The number of ether oxygens (including phenoxy) is 1. The molecule has 84 valence electrons. The van der Waals surface area contributed by atoms with Gasteiger partial charge in [-0.05, 0) is 30.5 Å². The molecule has 0 bridgehead atoms. The third-order valence-electron chi connectivity index (χ3n) is 2.60. The van der Waals surface area contributed by atoms with Crippen LogP contribution in [0.15, 0.2) is 24.3 Å². The van der Waals surface area contributed by atoms with Gasteiger partial charge in [0.15, 0.2) is 0 Å². The Kier molecular flexibility index (Phi) is 4.12. The molecule has 0 spiro atoms. The zero-order valence-corrected chi connectivity index (χ0v) is 9.36. The number of hydrogen-bond donors (Lipinski definition) is 2. The third-order valence-corrected chi connectivity index (χ3v) is 2.60. The zero-order chi connectivity index (χ0) is 11.3. The van der Waals surface area contributed by atoms with Crippen LogP contribution in [0.4, 0.5) is 0 Å². The van der Waals surface area contributed by atoms with Crippen LogP contribution in [0, 0.1) is 0 Å². The maximum Gasteiger partial charge on any atom is 0.115 e. The van der Waals surface area contributed by atoms with E-state index in [4.69, 9.17) is 10.5 Å². The van der Waals surface area contributed by atoms with Crippen molar-refractivity contribution >= 4 is 0 Å². The second-order valence-corrected chi connectivity index (χ2v) is 4.00. The van der Waals surface area contributed by atoms with Crippen molar-refractivity contribution in [2.24, 2.45) is 5.73 Å². The van der Waals surface area contributed by atoms with Crippen molar-refractivity contribution < 1.29 is 9.84 Å². The van der Waals surface area contributed by atoms with E-state index in [1.807, 2.05) is 19.1 Å². The second kappa shape index (κ2) is 5.14. The molecule has 0 saturated heterocycles. The molecule has 0 aliphatic heterocycles. The van der Waals surface area contributed by atoms with Crippen LogP contribution >= 0.6 is 0 Å². The molecule has 1 aromatic carbocycles. The Bertz CT molecular complexity index is 314. The van der Waals surface area contributed by atoms with Crippen molar-refractivity contribution in [3.05, 3.63) is 29.8 Å². The molecule has 0 aliphatic rings. The molecule has 0 fully saturated rings. The first-order valence-corrected chi connectivity index (χ1v) is 5.15. The summed E-state index contributed by atoms with van der Waals surface area (Å²) in [5.41, 5.74) is 6.88. The van der Waals surface area contributed by atoms with E-state index in [0.717, 1.165) is 12.0 Å². The van der Waals surface area contributed by atoms with Gasteiger partial charge in [-0.2, -0.15) is 0 Å². The Balaban J connectivity index is 2.74. The van der Waals surface area contributed by atoms with Crippen LogP contribution in [0.5, 0.6) is 5.75 Å². The van der Waals surface area contributed by atoms with Gasteiger partial charge in [0.1, 0.15) is 5.75 Å². The minimum atomic E-state index is -0.345. The highest BCUT2D eigenvalue weighted by Gasteiger charge is 2.23. The molecule has 1 aromatic rings. The van der Waals surface area contributed by atoms with E-state index >= 15 is 0 Å². The van der Waals surface area contributed by atoms with Gasteiger partial charge in [0, 0.05) is 12.6 Å². The summed E-state index contributed by atoms with van der Waals surface area (Å²) >= 11 is 0. The van der Waals surface area contributed by atoms with Crippen LogP contribution in [0.1, 0.15) is 18.9 Å². The van der Waals surface area contributed by atoms with Crippen LogP contribution < -0.4 is 5.73 Å². The van der Waals surface area contributed by atoms with Crippen LogP contribution in [0.3, 0.4) is 0 Å². The first-order chi connectivity index (χ1) is 7.09. The molecule has 0 aromatic heterocycles. The number of methoxy groups -OCH3 is 1. The summed E-state index contributed by atoms with van der Waals surface area (Å²) in [7, 11) is 1.65. The highest BCUT2D eigenvalue weighted by Crippen LogP contribution is 2.18. The number of nitrogens with two attached hydrogens (primary N) is 1. The van der Waals surface area contributed by atoms with Gasteiger partial charge in [0.05, 0.1) is 6.61 Å². The molecule has 15 heavy (non-hydrogen) atoms. The first-order valence-electron chi connectivity index (χ1n) is 5.15. The van der Waals surface area contributed by atoms with Crippen LogP contribution in [0.25, 0.3) is 0 Å². The fraction of sp³-hybridized carbons (Fsp3) is 0.500. The molecule has 0 heterocycles. The van der Waals surface area contributed by atoms with Gasteiger partial charge >= 0.3 is 0 Å². The van der Waals surface area contributed by atoms with Crippen molar-refractivity contribution in [1.29, 1.82) is 0 Å². The highest BCUT2D eigenvalue weighted by molar-refractivity contribution is 5.28. The van der Waals surface area contributed by atoms with Crippen LogP contribution in [-0.4, -0.2) is 24.4 Å². The normalized spacial score (nSPS) is 14.9. The first kappa shape index (κ1) is 12.0. The molecule has 3 heteroatoms. The van der Waals surface area contributed by atoms with E-state index in [2.05, 4.69) is 0 Å². The SMILES string of the molecule is CCC(N)(COC)Cc1cccc(O)c1. The summed E-state index contributed by atoms with van der Waals surface area (Å²) in [5.74, 6) is 0.281. The van der Waals surface area contributed by atoms with Gasteiger partial charge in [-0.15, -0.1) is 0 Å². The quantitative estimate of drug-likeness (QED) is 0.776. The lowest BCUT2D eigenvalue weighted by atomic mass is 9.90. The zero-order valence-electron chi connectivity index (χ0n) is 9.36. The summed E-state index contributed by atoms with van der Waals surface area (Å²) in [6.45, 7) is 2.57. The lowest BCUT2D eigenvalue weighted by Crippen LogP contribution is -2.45. The Morgan fingerprint density at radius 3 is 2.73 bits per heavy atom. The lowest BCUT2D eigenvalue weighted by Gasteiger charge is -2.27. The van der Waals surface area contributed by atoms with Gasteiger partial charge in [-0.1, -0.05) is 19.1 Å². The fourth-order valence-electron chi connectivity index (χ4n) is 1.64. The number of rotatable bonds is 5. The standard InChI is InChI=1S/C12H19NO2/c1-3-12(13,9-15-2)8-10-5-4-6-11(14)7-10/h4-7,14H,3,8-9,13H2,1-2H3. The molecular formula is C12H19NO2. The van der Waals surface area contributed by atoms with Crippen LogP contribution in [-0.2, 0) is 11.2 Å². The van der Waals surface area contributed by atoms with Gasteiger partial charge in [-0.25, -0.2) is 0 Å². The molecule has 3 nitrogen and oxygen atoms in total. The number of phenols is 1. The van der Waals surface area contributed by atoms with E-state index in [1.165, 1.54) is 0 Å². The largest absolute Gasteiger partial charge is 0.508 e. The van der Waals surface area contributed by atoms with Gasteiger partial charge < -0.3 is 15.6 Å². The Hall–Kier alpha value is -1.06. The third kappa shape index (κ3) is 3.53. The Morgan fingerprint density at radius 1 is 1.47 bits per heavy atom. The van der Waals surface area contributed by atoms with E-state index in [0.29, 0.717) is 13.0 Å². The fourth-order valence-corrected chi connectivity index (χ4v) is 1.64. The maximum absolute atomic E-state index is 9.34. The van der Waals surface area contributed by atoms with E-state index in [1.54, 1.807) is 19.2 Å². The number of aromatic hydroxyl groups is 1. The van der Waals surface area contributed by atoms with Crippen molar-refractivity contribution in [3.8, 4) is 5.75 Å². The van der Waals surface area contributed by atoms with Crippen molar-refractivity contribution in [2.45, 2.75) is 25.3 Å². The average Bonchev–Trinajstić information content (AvgIpc) is 2.18. The molecule has 0 radical (unpaired) electrons. The molecule has 3 N–H and O–H groups in total. The predicted octanol–water partition coefficient (Wildman–Crippen LogP) is 1.69. The summed E-state index contributed by atoms with van der Waals surface area (Å²) < 4.78 is 5.11. The minimum absolute atomic E-state index is 0.281. The van der Waals surface area contributed by atoms with Crippen LogP contribution in [0.2, 0.25) is 0 Å². The van der Waals surface area contributed by atoms with Crippen molar-refractivity contribution in [1.82, 2.24) is 0 Å². The molecular weight excluding hydrogens is 190 g/mol. The van der Waals surface area contributed by atoms with Gasteiger partial charge in [-0.3, -0.25) is 0 Å². The van der Waals surface area contributed by atoms with Gasteiger partial charge in [0.2, 0.25) is 0 Å². The van der Waals surface area contributed by atoms with E-state index < -0.39 is 0 Å². The molecule has 0 amide bonds. The Morgan fingerprint density at radius 2 is 2.20 bits per heavy atom. The van der Waals surface area contributed by atoms with E-state index in [9.17, 15) is 5.11 Å². The molecule has 0 saturated carbocycles. The summed E-state index contributed by atoms with van der Waals surface area (Å²) in [6, 6.07) is 7.19. The topological polar surface area (TPSA) is 55.5 Å². The predicted molar refractivity (Wildman–Crippen MR) is 60.9 cm³/mol. The van der Waals surface area contributed by atoms with Gasteiger partial charge in [0.25, 0.3) is 0 Å². The summed E-state index contributed by atoms with van der Waals surface area (Å²) in [5, 5.41) is 9.34. The maximum atomic E-state index is 9.34. The molecule has 1 atom stereocenters. The van der Waals surface area contributed by atoms with E-state index in [-0.39, 0.29) is 11.3 Å². The second-order valence-electron chi connectivity index (χ2n) is 4.00. The molecule has 1 unspecified atom stereocenters. The summed E-state index contributed by atoms with van der Waals surface area (Å²) in [6.07, 6.45) is 1.56. The summed E-state index contributed by atoms with van der Waals surface area (Å²) in [4.78, 5) is 0. The highest BCUT2D eigenvalue weighted by atomic mass is 16.5. The minimum Gasteiger partial charge on any atom is -0.508 e. The smallest absolute Gasteiger partial charge is 0.115 e. The number of hydrogen-bond acceptors (Lipinski definition) is 3.